The number of halogens is 1. The number of hydrogen-bond acceptors (Lipinski definition) is 4. The summed E-state index contributed by atoms with van der Waals surface area (Å²) < 4.78 is 0. The number of anilines is 1. The Morgan fingerprint density at radius 1 is 1.37 bits per heavy atom. The van der Waals surface area contributed by atoms with E-state index in [0.29, 0.717) is 0 Å². The quantitative estimate of drug-likeness (QED) is 0.612. The number of benzene rings is 1. The summed E-state index contributed by atoms with van der Waals surface area (Å²) in [6.07, 6.45) is -0.317. The maximum atomic E-state index is 11.6. The predicted molar refractivity (Wildman–Crippen MR) is 68.8 cm³/mol. The molecule has 7 nitrogen and oxygen atoms in total. The van der Waals surface area contributed by atoms with E-state index < -0.39 is 23.8 Å². The van der Waals surface area contributed by atoms with E-state index in [1.807, 2.05) is 0 Å². The van der Waals surface area contributed by atoms with Crippen LogP contribution in [-0.2, 0) is 9.59 Å². The fourth-order valence-electron chi connectivity index (χ4n) is 1.29. The number of rotatable bonds is 5. The first-order valence-corrected chi connectivity index (χ1v) is 5.56. The number of aromatic carboxylic acids is 1. The van der Waals surface area contributed by atoms with E-state index in [4.69, 9.17) is 28.2 Å². The van der Waals surface area contributed by atoms with E-state index in [0.717, 1.165) is 0 Å². The highest BCUT2D eigenvalue weighted by Crippen LogP contribution is 2.23. The van der Waals surface area contributed by atoms with Crippen LogP contribution in [0.2, 0.25) is 5.02 Å². The summed E-state index contributed by atoms with van der Waals surface area (Å²) >= 11 is 5.82. The number of carbonyl (C=O) groups is 3. The summed E-state index contributed by atoms with van der Waals surface area (Å²) in [6.45, 7) is 0. The molecule has 0 bridgehead atoms. The number of amides is 2. The Morgan fingerprint density at radius 3 is 2.53 bits per heavy atom. The lowest BCUT2D eigenvalue weighted by atomic mass is 10.1. The summed E-state index contributed by atoms with van der Waals surface area (Å²) in [5.74, 6) is -2.55. The van der Waals surface area contributed by atoms with Gasteiger partial charge in [-0.1, -0.05) is 11.6 Å². The first-order valence-electron chi connectivity index (χ1n) is 5.19. The molecule has 0 fully saturated rings. The van der Waals surface area contributed by atoms with Gasteiger partial charge < -0.3 is 21.9 Å². The van der Waals surface area contributed by atoms with E-state index in [2.05, 4.69) is 5.32 Å². The number of carboxylic acids is 1. The third kappa shape index (κ3) is 4.23. The largest absolute Gasteiger partial charge is 0.478 e. The lowest BCUT2D eigenvalue weighted by molar-refractivity contribution is -0.123. The molecule has 1 aromatic carbocycles. The molecule has 0 aliphatic heterocycles. The van der Waals surface area contributed by atoms with E-state index in [9.17, 15) is 14.4 Å². The van der Waals surface area contributed by atoms with Crippen molar-refractivity contribution in [2.45, 2.75) is 12.5 Å². The molecule has 19 heavy (non-hydrogen) atoms. The van der Waals surface area contributed by atoms with Crippen molar-refractivity contribution < 1.29 is 19.5 Å². The van der Waals surface area contributed by atoms with E-state index >= 15 is 0 Å². The van der Waals surface area contributed by atoms with Gasteiger partial charge in [-0.3, -0.25) is 9.59 Å². The third-order valence-electron chi connectivity index (χ3n) is 2.23. The van der Waals surface area contributed by atoms with Crippen molar-refractivity contribution in [3.05, 3.63) is 28.8 Å². The molecule has 1 atom stereocenters. The number of hydrogen-bond donors (Lipinski definition) is 4. The van der Waals surface area contributed by atoms with Crippen LogP contribution in [0.5, 0.6) is 0 Å². The fourth-order valence-corrected chi connectivity index (χ4v) is 1.45. The van der Waals surface area contributed by atoms with Crippen molar-refractivity contribution in [1.82, 2.24) is 0 Å². The molecular weight excluding hydrogens is 274 g/mol. The van der Waals surface area contributed by atoms with Crippen molar-refractivity contribution >= 4 is 35.1 Å². The van der Waals surface area contributed by atoms with Gasteiger partial charge >= 0.3 is 5.97 Å². The summed E-state index contributed by atoms with van der Waals surface area (Å²) in [5.41, 5.74) is 10.4. The molecule has 8 heteroatoms. The van der Waals surface area contributed by atoms with Crippen LogP contribution in [-0.4, -0.2) is 28.9 Å². The van der Waals surface area contributed by atoms with Crippen molar-refractivity contribution in [3.63, 3.8) is 0 Å². The molecule has 102 valence electrons. The van der Waals surface area contributed by atoms with Gasteiger partial charge in [0.25, 0.3) is 0 Å². The third-order valence-corrected chi connectivity index (χ3v) is 2.56. The maximum Gasteiger partial charge on any atom is 0.335 e. The SMILES string of the molecule is NC(=O)CC(N)C(=O)Nc1cc(C(=O)O)ccc1Cl. The first-order chi connectivity index (χ1) is 8.81. The average molecular weight is 286 g/mol. The second-order valence-electron chi connectivity index (χ2n) is 3.77. The number of primary amides is 1. The van der Waals surface area contributed by atoms with E-state index in [1.54, 1.807) is 0 Å². The van der Waals surface area contributed by atoms with Gasteiger partial charge in [0.05, 0.1) is 28.7 Å². The van der Waals surface area contributed by atoms with Crippen LogP contribution in [0.3, 0.4) is 0 Å². The number of nitrogens with one attached hydrogen (secondary N) is 1. The summed E-state index contributed by atoms with van der Waals surface area (Å²) in [4.78, 5) is 33.1. The zero-order valence-electron chi connectivity index (χ0n) is 9.72. The Labute approximate surface area is 113 Å². The molecule has 0 saturated heterocycles. The Bertz CT molecular complexity index is 533. The van der Waals surface area contributed by atoms with Crippen LogP contribution in [0.1, 0.15) is 16.8 Å². The smallest absolute Gasteiger partial charge is 0.335 e. The van der Waals surface area contributed by atoms with Crippen LogP contribution >= 0.6 is 11.6 Å². The first kappa shape index (κ1) is 14.9. The monoisotopic (exact) mass is 285 g/mol. The highest BCUT2D eigenvalue weighted by Gasteiger charge is 2.17. The second-order valence-corrected chi connectivity index (χ2v) is 4.17. The highest BCUT2D eigenvalue weighted by atomic mass is 35.5. The number of carbonyl (C=O) groups excluding carboxylic acids is 2. The van der Waals surface area contributed by atoms with Gasteiger partial charge in [-0.25, -0.2) is 4.79 Å². The normalized spacial score (nSPS) is 11.7. The van der Waals surface area contributed by atoms with E-state index in [1.165, 1.54) is 18.2 Å². The minimum Gasteiger partial charge on any atom is -0.478 e. The highest BCUT2D eigenvalue weighted by molar-refractivity contribution is 6.34. The molecule has 6 N–H and O–H groups in total. The molecule has 1 aromatic rings. The molecule has 0 aliphatic rings. The summed E-state index contributed by atoms with van der Waals surface area (Å²) in [7, 11) is 0. The Balaban J connectivity index is 2.86. The predicted octanol–water partition coefficient (Wildman–Crippen LogP) is 0.179. The van der Waals surface area contributed by atoms with Crippen LogP contribution in [0, 0.1) is 0 Å². The lowest BCUT2D eigenvalue weighted by Crippen LogP contribution is -2.39. The van der Waals surface area contributed by atoms with Gasteiger partial charge in [-0.05, 0) is 18.2 Å². The number of carboxylic acid groups (broad SMARTS) is 1. The molecule has 0 radical (unpaired) electrons. The maximum absolute atomic E-state index is 11.6. The molecule has 0 heterocycles. The van der Waals surface area contributed by atoms with Gasteiger partial charge in [0.1, 0.15) is 0 Å². The molecule has 0 spiro atoms. The Morgan fingerprint density at radius 2 is 2.00 bits per heavy atom. The minimum atomic E-state index is -1.16. The second kappa shape index (κ2) is 6.17. The zero-order valence-corrected chi connectivity index (χ0v) is 10.5. The number of nitrogens with two attached hydrogens (primary N) is 2. The van der Waals surface area contributed by atoms with Gasteiger partial charge in [0.15, 0.2) is 0 Å². The van der Waals surface area contributed by atoms with Gasteiger partial charge in [0.2, 0.25) is 11.8 Å². The molecule has 2 amide bonds. The molecule has 0 aliphatic carbocycles. The molecule has 0 saturated carbocycles. The molecule has 1 unspecified atom stereocenters. The zero-order chi connectivity index (χ0) is 14.6. The van der Waals surface area contributed by atoms with Crippen molar-refractivity contribution in [3.8, 4) is 0 Å². The van der Waals surface area contributed by atoms with E-state index in [-0.39, 0.29) is 22.7 Å². The topological polar surface area (TPSA) is 136 Å². The molecule has 0 aromatic heterocycles. The van der Waals surface area contributed by atoms with Gasteiger partial charge in [-0.2, -0.15) is 0 Å². The average Bonchev–Trinajstić information content (AvgIpc) is 2.30. The van der Waals surface area contributed by atoms with Crippen LogP contribution in [0.25, 0.3) is 0 Å². The van der Waals surface area contributed by atoms with Crippen molar-refractivity contribution in [1.29, 1.82) is 0 Å². The van der Waals surface area contributed by atoms with Crippen molar-refractivity contribution in [2.75, 3.05) is 5.32 Å². The Hall–Kier alpha value is -2.12. The summed E-state index contributed by atoms with van der Waals surface area (Å²) in [5, 5.41) is 11.3. The van der Waals surface area contributed by atoms with Gasteiger partial charge in [0, 0.05) is 0 Å². The minimum absolute atomic E-state index is 0.0387. The van der Waals surface area contributed by atoms with Crippen molar-refractivity contribution in [2.24, 2.45) is 11.5 Å². The van der Waals surface area contributed by atoms with Gasteiger partial charge in [-0.15, -0.1) is 0 Å². The standard InChI is InChI=1S/C11H12ClN3O4/c12-6-2-1-5(11(18)19)3-8(6)15-10(17)7(13)4-9(14)16/h1-3,7H,4,13H2,(H2,14,16)(H,15,17)(H,18,19). The summed E-state index contributed by atoms with van der Waals surface area (Å²) in [6, 6.07) is 2.70. The van der Waals surface area contributed by atoms with Crippen LogP contribution < -0.4 is 16.8 Å². The molecule has 1 rings (SSSR count). The molecular formula is C11H12ClN3O4. The fraction of sp³-hybridized carbons (Fsp3) is 0.182. The lowest BCUT2D eigenvalue weighted by Gasteiger charge is -2.12. The van der Waals surface area contributed by atoms with Crippen LogP contribution in [0.15, 0.2) is 18.2 Å². The van der Waals surface area contributed by atoms with Crippen LogP contribution in [0.4, 0.5) is 5.69 Å². The Kier molecular flexibility index (Phi) is 4.85.